The molecule has 0 rings (SSSR count). The van der Waals surface area contributed by atoms with Gasteiger partial charge in [-0.25, -0.2) is 0 Å². The summed E-state index contributed by atoms with van der Waals surface area (Å²) in [6.45, 7) is 6.54. The smallest absolute Gasteiger partial charge is 0.306 e. The predicted octanol–water partition coefficient (Wildman–Crippen LogP) is 23.4. The van der Waals surface area contributed by atoms with Gasteiger partial charge >= 0.3 is 17.9 Å². The molecule has 6 heteroatoms. The fraction of sp³-hybridized carbons (Fsp3) is 0.767. The van der Waals surface area contributed by atoms with Gasteiger partial charge in [-0.2, -0.15) is 0 Å². The fourth-order valence-electron chi connectivity index (χ4n) is 9.80. The minimum absolute atomic E-state index is 0.0831. The molecule has 0 aromatic rings. The molecule has 0 saturated carbocycles. The Morgan fingerprint density at radius 2 is 0.494 bits per heavy atom. The molecule has 0 aromatic carbocycles. The molecule has 0 radical (unpaired) electrons. The van der Waals surface area contributed by atoms with Crippen LogP contribution < -0.4 is 0 Å². The highest BCUT2D eigenvalue weighted by atomic mass is 16.6. The number of hydrogen-bond donors (Lipinski definition) is 0. The minimum Gasteiger partial charge on any atom is -0.462 e. The molecule has 456 valence electrons. The van der Waals surface area contributed by atoms with Crippen molar-refractivity contribution in [1.82, 2.24) is 0 Å². The van der Waals surface area contributed by atoms with Gasteiger partial charge in [0.15, 0.2) is 6.10 Å². The van der Waals surface area contributed by atoms with Crippen molar-refractivity contribution >= 4 is 17.9 Å². The normalized spacial score (nSPS) is 12.6. The molecule has 0 spiro atoms. The van der Waals surface area contributed by atoms with Crippen molar-refractivity contribution in [2.75, 3.05) is 13.2 Å². The van der Waals surface area contributed by atoms with E-state index in [0.717, 1.165) is 109 Å². The Hall–Kier alpha value is -3.41. The lowest BCUT2D eigenvalue weighted by Gasteiger charge is -2.18. The summed E-state index contributed by atoms with van der Waals surface area (Å²) in [6.07, 6.45) is 88.9. The Morgan fingerprint density at radius 3 is 0.772 bits per heavy atom. The summed E-state index contributed by atoms with van der Waals surface area (Å²) in [5.41, 5.74) is 0. The molecule has 1 atom stereocenters. The predicted molar refractivity (Wildman–Crippen MR) is 344 cm³/mol. The molecule has 0 fully saturated rings. The summed E-state index contributed by atoms with van der Waals surface area (Å²) in [5, 5.41) is 0. The van der Waals surface area contributed by atoms with Crippen molar-refractivity contribution in [3.05, 3.63) is 85.1 Å². The van der Waals surface area contributed by atoms with E-state index in [9.17, 15) is 14.4 Å². The third-order valence-electron chi connectivity index (χ3n) is 14.9. The Kier molecular flexibility index (Phi) is 64.2. The number of ether oxygens (including phenoxy) is 3. The third kappa shape index (κ3) is 65.3. The zero-order valence-corrected chi connectivity index (χ0v) is 52.4. The van der Waals surface area contributed by atoms with E-state index in [0.29, 0.717) is 19.3 Å². The van der Waals surface area contributed by atoms with Gasteiger partial charge in [-0.1, -0.05) is 311 Å². The van der Waals surface area contributed by atoms with Crippen LogP contribution in [-0.2, 0) is 28.6 Å². The molecule has 79 heavy (non-hydrogen) atoms. The second kappa shape index (κ2) is 67.1. The van der Waals surface area contributed by atoms with E-state index in [1.807, 2.05) is 0 Å². The first-order valence-electron chi connectivity index (χ1n) is 34.1. The van der Waals surface area contributed by atoms with Crippen LogP contribution in [0.4, 0.5) is 0 Å². The number of unbranched alkanes of at least 4 members (excludes halogenated alkanes) is 37. The van der Waals surface area contributed by atoms with E-state index in [1.165, 1.54) is 193 Å². The summed E-state index contributed by atoms with van der Waals surface area (Å²) in [7, 11) is 0. The molecular weight excluding hydrogens is 973 g/mol. The maximum atomic E-state index is 12.9. The van der Waals surface area contributed by atoms with Gasteiger partial charge in [-0.15, -0.1) is 0 Å². The van der Waals surface area contributed by atoms with E-state index < -0.39 is 6.10 Å². The van der Waals surface area contributed by atoms with Crippen molar-refractivity contribution in [3.8, 4) is 0 Å². The summed E-state index contributed by atoms with van der Waals surface area (Å²) in [6, 6.07) is 0. The SMILES string of the molecule is CC/C=C\C/C=C\C/C=C\C/C=C\CCCCCCC(=O)OC(COC(=O)CCCCCCCCCCCCCCCCC)COC(=O)CCCCCCCCCCCCCCCC/C=C\C/C=C\C/C=C\CCCCCCC. The average Bonchev–Trinajstić information content (AvgIpc) is 3.45. The number of rotatable bonds is 62. The lowest BCUT2D eigenvalue weighted by molar-refractivity contribution is -0.167. The molecule has 0 saturated heterocycles. The van der Waals surface area contributed by atoms with Gasteiger partial charge in [0, 0.05) is 19.3 Å². The monoisotopic (exact) mass is 1100 g/mol. The molecule has 0 aromatic heterocycles. The molecule has 0 aliphatic carbocycles. The van der Waals surface area contributed by atoms with Crippen LogP contribution in [0.25, 0.3) is 0 Å². The van der Waals surface area contributed by atoms with Crippen LogP contribution in [-0.4, -0.2) is 37.2 Å². The highest BCUT2D eigenvalue weighted by molar-refractivity contribution is 5.71. The van der Waals surface area contributed by atoms with Crippen molar-refractivity contribution in [2.45, 2.75) is 348 Å². The second-order valence-corrected chi connectivity index (χ2v) is 22.7. The molecular formula is C73H128O6. The van der Waals surface area contributed by atoms with Crippen LogP contribution in [0.15, 0.2) is 85.1 Å². The zero-order chi connectivity index (χ0) is 57.1. The van der Waals surface area contributed by atoms with Gasteiger partial charge in [0.25, 0.3) is 0 Å². The minimum atomic E-state index is -0.789. The van der Waals surface area contributed by atoms with Gasteiger partial charge in [0.2, 0.25) is 0 Å². The zero-order valence-electron chi connectivity index (χ0n) is 52.4. The molecule has 0 aliphatic rings. The van der Waals surface area contributed by atoms with Crippen molar-refractivity contribution in [3.63, 3.8) is 0 Å². The summed E-state index contributed by atoms with van der Waals surface area (Å²) in [4.78, 5) is 38.4. The fourth-order valence-corrected chi connectivity index (χ4v) is 9.80. The van der Waals surface area contributed by atoms with E-state index in [1.54, 1.807) is 0 Å². The highest BCUT2D eigenvalue weighted by Crippen LogP contribution is 2.17. The maximum absolute atomic E-state index is 12.9. The Morgan fingerprint density at radius 1 is 0.266 bits per heavy atom. The van der Waals surface area contributed by atoms with E-state index in [2.05, 4.69) is 106 Å². The summed E-state index contributed by atoms with van der Waals surface area (Å²) < 4.78 is 16.9. The Bertz CT molecular complexity index is 1500. The molecule has 1 unspecified atom stereocenters. The number of carbonyl (C=O) groups is 3. The van der Waals surface area contributed by atoms with Crippen LogP contribution in [0.3, 0.4) is 0 Å². The largest absolute Gasteiger partial charge is 0.462 e. The molecule has 0 amide bonds. The summed E-state index contributed by atoms with van der Waals surface area (Å²) >= 11 is 0. The number of allylic oxidation sites excluding steroid dienone is 14. The first-order valence-corrected chi connectivity index (χ1v) is 34.1. The Labute approximate surface area is 490 Å². The van der Waals surface area contributed by atoms with Crippen LogP contribution in [0.5, 0.6) is 0 Å². The number of hydrogen-bond acceptors (Lipinski definition) is 6. The molecule has 0 N–H and O–H groups in total. The topological polar surface area (TPSA) is 78.9 Å². The van der Waals surface area contributed by atoms with Crippen LogP contribution >= 0.6 is 0 Å². The number of esters is 3. The van der Waals surface area contributed by atoms with E-state index >= 15 is 0 Å². The molecule has 0 bridgehead atoms. The van der Waals surface area contributed by atoms with Crippen LogP contribution in [0, 0.1) is 0 Å². The summed E-state index contributed by atoms with van der Waals surface area (Å²) in [5.74, 6) is -0.891. The van der Waals surface area contributed by atoms with Crippen LogP contribution in [0.2, 0.25) is 0 Å². The maximum Gasteiger partial charge on any atom is 0.306 e. The van der Waals surface area contributed by atoms with Gasteiger partial charge in [0.05, 0.1) is 0 Å². The van der Waals surface area contributed by atoms with Gasteiger partial charge in [-0.05, 0) is 96.3 Å². The quantitative estimate of drug-likeness (QED) is 0.0261. The average molecular weight is 1100 g/mol. The van der Waals surface area contributed by atoms with Gasteiger partial charge < -0.3 is 14.2 Å². The number of carbonyl (C=O) groups excluding carboxylic acids is 3. The lowest BCUT2D eigenvalue weighted by Crippen LogP contribution is -2.30. The lowest BCUT2D eigenvalue weighted by atomic mass is 10.0. The Balaban J connectivity index is 4.28. The van der Waals surface area contributed by atoms with E-state index in [4.69, 9.17) is 14.2 Å². The van der Waals surface area contributed by atoms with Gasteiger partial charge in [-0.3, -0.25) is 14.4 Å². The van der Waals surface area contributed by atoms with Crippen molar-refractivity contribution < 1.29 is 28.6 Å². The van der Waals surface area contributed by atoms with Crippen LogP contribution in [0.1, 0.15) is 342 Å². The second-order valence-electron chi connectivity index (χ2n) is 22.7. The highest BCUT2D eigenvalue weighted by Gasteiger charge is 2.19. The van der Waals surface area contributed by atoms with E-state index in [-0.39, 0.29) is 31.1 Å². The molecule has 6 nitrogen and oxygen atoms in total. The standard InChI is InChI=1S/C73H128O6/c1-4-7-10-13-16-19-22-25-28-30-31-32-33-34-35-36-37-38-39-40-41-43-45-48-51-54-57-60-63-66-72(75)78-69-70(68-77-71(74)65-62-59-56-53-50-47-44-27-24-21-18-15-12-9-6-3)79-73(76)67-64-61-58-55-52-49-46-42-29-26-23-20-17-14-11-8-5-2/h8,11,17,20,22,25-26,29-31,33-34,46,49,70H,4-7,9-10,12-16,18-19,21,23-24,27-28,32,35-45,47-48,50-69H2,1-3H3/b11-8-,20-17-,25-22-,29-26-,31-30-,34-33-,49-46-. The molecule has 0 aliphatic heterocycles. The first-order chi connectivity index (χ1) is 39.0. The first kappa shape index (κ1) is 75.6. The third-order valence-corrected chi connectivity index (χ3v) is 14.9. The van der Waals surface area contributed by atoms with Crippen molar-refractivity contribution in [1.29, 1.82) is 0 Å². The van der Waals surface area contributed by atoms with Gasteiger partial charge in [0.1, 0.15) is 13.2 Å². The van der Waals surface area contributed by atoms with Crippen molar-refractivity contribution in [2.24, 2.45) is 0 Å². The molecule has 0 heterocycles.